The second-order valence-corrected chi connectivity index (χ2v) is 6.46. The van der Waals surface area contributed by atoms with E-state index < -0.39 is 31.7 Å². The Morgan fingerprint density at radius 2 is 1.22 bits per heavy atom. The summed E-state index contributed by atoms with van der Waals surface area (Å²) in [5.41, 5.74) is 0. The number of carbonyl (C=O) groups excluding carboxylic acids is 2. The monoisotopic (exact) mass is 358 g/mol. The molecule has 0 saturated carbocycles. The van der Waals surface area contributed by atoms with E-state index in [0.717, 1.165) is 0 Å². The minimum Gasteiger partial charge on any atom is -0.463 e. The molecule has 0 rings (SSSR count). The first-order valence-corrected chi connectivity index (χ1v) is 8.53. The first-order valence-electron chi connectivity index (χ1n) is 6.54. The van der Waals surface area contributed by atoms with Gasteiger partial charge in [-0.1, -0.05) is 0 Å². The molecule has 0 aliphatic rings. The number of rotatable bonds is 12. The van der Waals surface area contributed by atoms with E-state index in [2.05, 4.69) is 9.68 Å². The highest BCUT2D eigenvalue weighted by molar-refractivity contribution is 7.53. The van der Waals surface area contributed by atoms with Gasteiger partial charge in [0.2, 0.25) is 0 Å². The number of nitrogens with two attached hydrogens (primary N) is 2. The lowest BCUT2D eigenvalue weighted by atomic mass is 10.4. The fraction of sp³-hybridized carbons (Fsp3) is 0.818. The summed E-state index contributed by atoms with van der Waals surface area (Å²) in [4.78, 5) is 30.4. The second kappa shape index (κ2) is 11.5. The van der Waals surface area contributed by atoms with Gasteiger partial charge in [0.25, 0.3) is 0 Å². The van der Waals surface area contributed by atoms with Crippen LogP contribution in [0.25, 0.3) is 0 Å². The van der Waals surface area contributed by atoms with Gasteiger partial charge in [-0.2, -0.15) is 0 Å². The van der Waals surface area contributed by atoms with Crippen molar-refractivity contribution in [1.82, 2.24) is 0 Å². The van der Waals surface area contributed by atoms with Crippen molar-refractivity contribution in [2.24, 2.45) is 11.8 Å². The number of carbonyl (C=O) groups is 2. The first kappa shape index (κ1) is 21.9. The lowest BCUT2D eigenvalue weighted by Gasteiger charge is -2.24. The molecule has 0 fully saturated rings. The predicted molar refractivity (Wildman–Crippen MR) is 76.8 cm³/mol. The van der Waals surface area contributed by atoms with E-state index in [0.29, 0.717) is 0 Å². The predicted octanol–water partition coefficient (Wildman–Crippen LogP) is -0.513. The van der Waals surface area contributed by atoms with Gasteiger partial charge >= 0.3 is 19.5 Å². The zero-order chi connectivity index (χ0) is 17.9. The molecule has 2 unspecified atom stereocenters. The van der Waals surface area contributed by atoms with Crippen LogP contribution in [0.2, 0.25) is 0 Å². The third-order valence-corrected chi connectivity index (χ3v) is 3.55. The van der Waals surface area contributed by atoms with Crippen molar-refractivity contribution in [1.29, 1.82) is 0 Å². The normalized spacial score (nSPS) is 16.2. The smallest absolute Gasteiger partial charge is 0.328 e. The van der Waals surface area contributed by atoms with Gasteiger partial charge in [0.05, 0.1) is 13.2 Å². The minimum atomic E-state index is -3.64. The summed E-state index contributed by atoms with van der Waals surface area (Å²) in [5.74, 6) is 8.78. The van der Waals surface area contributed by atoms with Crippen LogP contribution in [0.1, 0.15) is 13.8 Å². The quantitative estimate of drug-likeness (QED) is 0.263. The van der Waals surface area contributed by atoms with Gasteiger partial charge in [-0.25, -0.2) is 11.8 Å². The molecule has 2 atom stereocenters. The van der Waals surface area contributed by atoms with Crippen LogP contribution < -0.4 is 11.8 Å². The Hall–Kier alpha value is -1.07. The summed E-state index contributed by atoms with van der Waals surface area (Å²) in [6, 6.07) is 0. The lowest BCUT2D eigenvalue weighted by Crippen LogP contribution is -2.30. The van der Waals surface area contributed by atoms with Gasteiger partial charge in [0.15, 0.2) is 0 Å². The largest absolute Gasteiger partial charge is 0.463 e. The molecule has 0 amide bonds. The van der Waals surface area contributed by atoms with E-state index in [1.54, 1.807) is 0 Å². The lowest BCUT2D eigenvalue weighted by molar-refractivity contribution is -0.145. The highest BCUT2D eigenvalue weighted by Gasteiger charge is 2.29. The number of hydrogen-bond acceptors (Lipinski definition) is 11. The summed E-state index contributed by atoms with van der Waals surface area (Å²) >= 11 is 0. The third-order valence-electron chi connectivity index (χ3n) is 2.19. The average molecular weight is 358 g/mol. The summed E-state index contributed by atoms with van der Waals surface area (Å²) in [6.07, 6.45) is -1.82. The highest BCUT2D eigenvalue weighted by Crippen LogP contribution is 2.46. The molecule has 0 aromatic rings. The number of hydrogen-bond donors (Lipinski definition) is 2. The molecule has 0 aromatic heterocycles. The molecule has 136 valence electrons. The van der Waals surface area contributed by atoms with Crippen LogP contribution in [0, 0.1) is 0 Å². The molecule has 0 aromatic carbocycles. The second-order valence-electron chi connectivity index (χ2n) is 4.50. The zero-order valence-corrected chi connectivity index (χ0v) is 14.2. The van der Waals surface area contributed by atoms with Gasteiger partial charge in [0, 0.05) is 20.5 Å². The Morgan fingerprint density at radius 3 is 1.48 bits per heavy atom. The van der Waals surface area contributed by atoms with Crippen LogP contribution in [-0.4, -0.2) is 57.2 Å². The van der Waals surface area contributed by atoms with Crippen LogP contribution in [0.4, 0.5) is 0 Å². The van der Waals surface area contributed by atoms with E-state index in [1.807, 2.05) is 0 Å². The molecule has 23 heavy (non-hydrogen) atoms. The Bertz CT molecular complexity index is 386. The third kappa shape index (κ3) is 12.1. The fourth-order valence-electron chi connectivity index (χ4n) is 1.42. The van der Waals surface area contributed by atoms with Gasteiger partial charge < -0.3 is 19.1 Å². The van der Waals surface area contributed by atoms with Gasteiger partial charge in [-0.3, -0.25) is 23.2 Å². The van der Waals surface area contributed by atoms with Crippen molar-refractivity contribution < 1.29 is 42.4 Å². The van der Waals surface area contributed by atoms with E-state index in [9.17, 15) is 14.2 Å². The average Bonchev–Trinajstić information content (AvgIpc) is 2.42. The molecule has 4 N–H and O–H groups in total. The van der Waals surface area contributed by atoms with Crippen LogP contribution in [-0.2, 0) is 42.4 Å². The number of esters is 2. The zero-order valence-electron chi connectivity index (χ0n) is 13.3. The van der Waals surface area contributed by atoms with Crippen molar-refractivity contribution in [2.45, 2.75) is 26.1 Å². The molecule has 0 heterocycles. The molecule has 0 spiro atoms. The van der Waals surface area contributed by atoms with Crippen molar-refractivity contribution in [3.8, 4) is 0 Å². The van der Waals surface area contributed by atoms with Gasteiger partial charge in [-0.05, 0) is 0 Å². The van der Waals surface area contributed by atoms with E-state index >= 15 is 0 Å². The fourth-order valence-corrected chi connectivity index (χ4v) is 2.80. The minimum absolute atomic E-state index is 0.184. The van der Waals surface area contributed by atoms with Crippen molar-refractivity contribution in [2.75, 3.05) is 33.1 Å². The Kier molecular flexibility index (Phi) is 10.9. The maximum absolute atomic E-state index is 12.4. The highest BCUT2D eigenvalue weighted by atomic mass is 31.2. The van der Waals surface area contributed by atoms with Crippen molar-refractivity contribution in [3.63, 3.8) is 0 Å². The standard InChI is InChI=1S/C11H23N2O9P/c1-8(14)17-4-10(6-19-12)21-23(3,16)22-11(7-20-13)5-18-9(2)15/h10-11H,4-7,12-13H2,1-3H3. The van der Waals surface area contributed by atoms with E-state index in [-0.39, 0.29) is 26.4 Å². The molecule has 0 bridgehead atoms. The Balaban J connectivity index is 4.65. The van der Waals surface area contributed by atoms with Crippen molar-refractivity contribution in [3.05, 3.63) is 0 Å². The molecule has 0 radical (unpaired) electrons. The van der Waals surface area contributed by atoms with Gasteiger partial charge in [0.1, 0.15) is 25.4 Å². The van der Waals surface area contributed by atoms with E-state index in [1.165, 1.54) is 20.5 Å². The maximum atomic E-state index is 12.4. The van der Waals surface area contributed by atoms with Gasteiger partial charge in [-0.15, -0.1) is 0 Å². The molecular formula is C11H23N2O9P. The summed E-state index contributed by atoms with van der Waals surface area (Å²) in [6.45, 7) is 2.77. The Labute approximate surface area is 133 Å². The molecular weight excluding hydrogens is 335 g/mol. The van der Waals surface area contributed by atoms with E-state index in [4.69, 9.17) is 30.3 Å². The number of ether oxygens (including phenoxy) is 2. The molecule has 0 aliphatic carbocycles. The first-order chi connectivity index (χ1) is 10.7. The topological polar surface area (TPSA) is 159 Å². The van der Waals surface area contributed by atoms with Crippen molar-refractivity contribution >= 4 is 19.5 Å². The summed E-state index contributed by atoms with van der Waals surface area (Å²) in [5, 5.41) is 0. The molecule has 11 nitrogen and oxygen atoms in total. The summed E-state index contributed by atoms with van der Waals surface area (Å²) in [7, 11) is -3.64. The van der Waals surface area contributed by atoms with Crippen LogP contribution >= 0.6 is 7.60 Å². The summed E-state index contributed by atoms with van der Waals surface area (Å²) < 4.78 is 32.3. The molecule has 0 saturated heterocycles. The van der Waals surface area contributed by atoms with Crippen LogP contribution in [0.3, 0.4) is 0 Å². The molecule has 12 heteroatoms. The Morgan fingerprint density at radius 1 is 0.870 bits per heavy atom. The SMILES string of the molecule is CC(=O)OCC(CON)OP(C)(=O)OC(CON)COC(C)=O. The maximum Gasteiger partial charge on any atom is 0.328 e. The molecule has 0 aliphatic heterocycles. The van der Waals surface area contributed by atoms with Crippen LogP contribution in [0.5, 0.6) is 0 Å². The van der Waals surface area contributed by atoms with Crippen LogP contribution in [0.15, 0.2) is 0 Å².